The molecule has 0 aliphatic carbocycles. The Hall–Kier alpha value is -1.54. The third-order valence-corrected chi connectivity index (χ3v) is 3.04. The van der Waals surface area contributed by atoms with E-state index in [1.54, 1.807) is 6.07 Å². The van der Waals surface area contributed by atoms with Crippen molar-refractivity contribution in [2.75, 3.05) is 18.0 Å². The summed E-state index contributed by atoms with van der Waals surface area (Å²) in [6, 6.07) is 7.58. The Balaban J connectivity index is 3.03. The van der Waals surface area contributed by atoms with Crippen molar-refractivity contribution in [3.63, 3.8) is 0 Å². The van der Waals surface area contributed by atoms with Gasteiger partial charge in [-0.2, -0.15) is 5.26 Å². The molecule has 0 aromatic heterocycles. The van der Waals surface area contributed by atoms with E-state index in [1.807, 2.05) is 17.0 Å². The molecule has 1 aromatic rings. The number of rotatable bonds is 6. The van der Waals surface area contributed by atoms with E-state index in [2.05, 4.69) is 28.9 Å². The molecule has 4 nitrogen and oxygen atoms in total. The van der Waals surface area contributed by atoms with Crippen molar-refractivity contribution in [1.29, 1.82) is 5.26 Å². The Morgan fingerprint density at radius 2 is 2.28 bits per heavy atom. The van der Waals surface area contributed by atoms with Gasteiger partial charge >= 0.3 is 0 Å². The highest BCUT2D eigenvalue weighted by Crippen LogP contribution is 2.24. The van der Waals surface area contributed by atoms with E-state index < -0.39 is 5.91 Å². The summed E-state index contributed by atoms with van der Waals surface area (Å²) >= 11 is 3.33. The van der Waals surface area contributed by atoms with Gasteiger partial charge in [-0.1, -0.05) is 29.3 Å². The van der Waals surface area contributed by atoms with Crippen molar-refractivity contribution in [1.82, 2.24) is 0 Å². The van der Waals surface area contributed by atoms with Crippen LogP contribution in [0.25, 0.3) is 0 Å². The van der Waals surface area contributed by atoms with Crippen LogP contribution < -0.4 is 10.6 Å². The molecule has 0 aliphatic heterocycles. The van der Waals surface area contributed by atoms with Gasteiger partial charge in [-0.3, -0.25) is 4.79 Å². The van der Waals surface area contributed by atoms with Crippen LogP contribution in [0.1, 0.15) is 25.3 Å². The smallest absolute Gasteiger partial charge is 0.236 e. The fourth-order valence-corrected chi connectivity index (χ4v) is 2.06. The van der Waals surface area contributed by atoms with E-state index >= 15 is 0 Å². The van der Waals surface area contributed by atoms with Crippen molar-refractivity contribution >= 4 is 27.5 Å². The number of hydrogen-bond donors (Lipinski definition) is 1. The molecule has 0 aliphatic rings. The van der Waals surface area contributed by atoms with Gasteiger partial charge in [0, 0.05) is 11.0 Å². The van der Waals surface area contributed by atoms with E-state index in [-0.39, 0.29) is 6.54 Å². The number of carbonyl (C=O) groups excluding carboxylic acids is 1. The molecule has 0 bridgehead atoms. The summed E-state index contributed by atoms with van der Waals surface area (Å²) in [5, 5.41) is 9.14. The second-order valence-corrected chi connectivity index (χ2v) is 4.93. The SMILES string of the molecule is CCCCN(CC(N)=O)c1ccc(Br)cc1C#N. The fourth-order valence-electron chi connectivity index (χ4n) is 1.70. The number of anilines is 1. The van der Waals surface area contributed by atoms with E-state index in [9.17, 15) is 4.79 Å². The Bertz CT molecular complexity index is 468. The second-order valence-electron chi connectivity index (χ2n) is 4.01. The fraction of sp³-hybridized carbons (Fsp3) is 0.385. The number of nitrogens with zero attached hydrogens (tertiary/aromatic N) is 2. The average molecular weight is 310 g/mol. The molecule has 18 heavy (non-hydrogen) atoms. The number of nitriles is 1. The molecule has 0 atom stereocenters. The van der Waals surface area contributed by atoms with Gasteiger partial charge in [-0.05, 0) is 24.6 Å². The highest BCUT2D eigenvalue weighted by Gasteiger charge is 2.13. The molecular formula is C13H16BrN3O. The predicted octanol–water partition coefficient (Wildman–Crippen LogP) is 2.41. The van der Waals surface area contributed by atoms with Crippen LogP contribution in [-0.2, 0) is 4.79 Å². The first-order valence-electron chi connectivity index (χ1n) is 5.81. The molecule has 5 heteroatoms. The quantitative estimate of drug-likeness (QED) is 0.877. The summed E-state index contributed by atoms with van der Waals surface area (Å²) in [7, 11) is 0. The van der Waals surface area contributed by atoms with Crippen LogP contribution in [0.5, 0.6) is 0 Å². The molecule has 1 aromatic carbocycles. The van der Waals surface area contributed by atoms with Crippen molar-refractivity contribution in [3.05, 3.63) is 28.2 Å². The molecule has 1 rings (SSSR count). The molecule has 0 radical (unpaired) electrons. The summed E-state index contributed by atoms with van der Waals surface area (Å²) in [6.07, 6.45) is 1.97. The summed E-state index contributed by atoms with van der Waals surface area (Å²) in [5.41, 5.74) is 6.55. The molecular weight excluding hydrogens is 294 g/mol. The lowest BCUT2D eigenvalue weighted by Crippen LogP contribution is -2.35. The summed E-state index contributed by atoms with van der Waals surface area (Å²) < 4.78 is 0.845. The van der Waals surface area contributed by atoms with Gasteiger partial charge < -0.3 is 10.6 Å². The Morgan fingerprint density at radius 1 is 1.56 bits per heavy atom. The van der Waals surface area contributed by atoms with Crippen LogP contribution in [0.2, 0.25) is 0 Å². The van der Waals surface area contributed by atoms with Gasteiger partial charge in [0.15, 0.2) is 0 Å². The van der Waals surface area contributed by atoms with Crippen molar-refractivity contribution < 1.29 is 4.79 Å². The Kier molecular flexibility index (Phi) is 5.66. The number of unbranched alkanes of at least 4 members (excludes halogenated alkanes) is 1. The Morgan fingerprint density at radius 3 is 2.83 bits per heavy atom. The zero-order valence-electron chi connectivity index (χ0n) is 10.3. The van der Waals surface area contributed by atoms with Crippen molar-refractivity contribution in [2.24, 2.45) is 5.73 Å². The zero-order chi connectivity index (χ0) is 13.5. The number of hydrogen-bond acceptors (Lipinski definition) is 3. The van der Waals surface area contributed by atoms with E-state index in [0.29, 0.717) is 5.56 Å². The van der Waals surface area contributed by atoms with Gasteiger partial charge in [0.25, 0.3) is 0 Å². The maximum absolute atomic E-state index is 11.1. The lowest BCUT2D eigenvalue weighted by Gasteiger charge is -2.24. The minimum Gasteiger partial charge on any atom is -0.368 e. The van der Waals surface area contributed by atoms with Crippen LogP contribution in [0, 0.1) is 11.3 Å². The zero-order valence-corrected chi connectivity index (χ0v) is 11.9. The third-order valence-electron chi connectivity index (χ3n) is 2.55. The van der Waals surface area contributed by atoms with E-state index in [4.69, 9.17) is 11.0 Å². The molecule has 2 N–H and O–H groups in total. The first-order chi connectivity index (χ1) is 8.58. The number of carbonyl (C=O) groups is 1. The van der Waals surface area contributed by atoms with Gasteiger partial charge in [-0.25, -0.2) is 0 Å². The molecule has 0 saturated heterocycles. The normalized spacial score (nSPS) is 9.83. The van der Waals surface area contributed by atoms with Gasteiger partial charge in [-0.15, -0.1) is 0 Å². The summed E-state index contributed by atoms with van der Waals surface area (Å²) in [4.78, 5) is 13.0. The van der Waals surface area contributed by atoms with Crippen LogP contribution in [0.15, 0.2) is 22.7 Å². The van der Waals surface area contributed by atoms with Crippen LogP contribution >= 0.6 is 15.9 Å². The largest absolute Gasteiger partial charge is 0.368 e. The Labute approximate surface area is 116 Å². The lowest BCUT2D eigenvalue weighted by molar-refractivity contribution is -0.116. The lowest BCUT2D eigenvalue weighted by atomic mass is 10.1. The van der Waals surface area contributed by atoms with Crippen LogP contribution in [0.4, 0.5) is 5.69 Å². The van der Waals surface area contributed by atoms with Crippen molar-refractivity contribution in [2.45, 2.75) is 19.8 Å². The van der Waals surface area contributed by atoms with Gasteiger partial charge in [0.05, 0.1) is 17.8 Å². The predicted molar refractivity (Wildman–Crippen MR) is 75.2 cm³/mol. The molecule has 0 heterocycles. The highest BCUT2D eigenvalue weighted by molar-refractivity contribution is 9.10. The maximum Gasteiger partial charge on any atom is 0.236 e. The molecule has 0 unspecified atom stereocenters. The number of halogens is 1. The topological polar surface area (TPSA) is 70.1 Å². The second kappa shape index (κ2) is 7.02. The summed E-state index contributed by atoms with van der Waals surface area (Å²) in [5.74, 6) is -0.391. The van der Waals surface area contributed by atoms with Crippen LogP contribution in [-0.4, -0.2) is 19.0 Å². The molecule has 0 fully saturated rings. The number of benzene rings is 1. The summed E-state index contributed by atoms with van der Waals surface area (Å²) in [6.45, 7) is 2.93. The first kappa shape index (κ1) is 14.5. The molecule has 0 saturated carbocycles. The monoisotopic (exact) mass is 309 g/mol. The molecule has 96 valence electrons. The van der Waals surface area contributed by atoms with Gasteiger partial charge in [0.1, 0.15) is 6.07 Å². The number of amides is 1. The van der Waals surface area contributed by atoms with Crippen LogP contribution in [0.3, 0.4) is 0 Å². The van der Waals surface area contributed by atoms with Gasteiger partial charge in [0.2, 0.25) is 5.91 Å². The molecule has 0 spiro atoms. The van der Waals surface area contributed by atoms with E-state index in [0.717, 1.165) is 29.5 Å². The highest BCUT2D eigenvalue weighted by atomic mass is 79.9. The number of primary amides is 1. The third kappa shape index (κ3) is 4.04. The maximum atomic E-state index is 11.1. The minimum atomic E-state index is -0.391. The van der Waals surface area contributed by atoms with E-state index in [1.165, 1.54) is 0 Å². The first-order valence-corrected chi connectivity index (χ1v) is 6.60. The van der Waals surface area contributed by atoms with Crippen molar-refractivity contribution in [3.8, 4) is 6.07 Å². The standard InChI is InChI=1S/C13H16BrN3O/c1-2-3-6-17(9-13(16)18)12-5-4-11(14)7-10(12)8-15/h4-5,7H,2-3,6,9H2,1H3,(H2,16,18). The average Bonchev–Trinajstić information content (AvgIpc) is 2.34. The minimum absolute atomic E-state index is 0.135. The number of nitrogens with two attached hydrogens (primary N) is 1. The molecule has 1 amide bonds.